The Labute approximate surface area is 238 Å². The Morgan fingerprint density at radius 3 is 1.32 bits per heavy atom. The summed E-state index contributed by atoms with van der Waals surface area (Å²) >= 11 is 1.24. The van der Waals surface area contributed by atoms with Gasteiger partial charge in [-0.2, -0.15) is 0 Å². The van der Waals surface area contributed by atoms with Gasteiger partial charge in [0.2, 0.25) is 0 Å². The molecule has 0 heterocycles. The SMILES string of the molecule is Cc1cc(C(=O)Nc2cc(Sc3ccc(O)c(NC(=O)c4ccc(C(=O)O)c(C)c4)c3)ccc2O)ccc1C(=O)O. The lowest BCUT2D eigenvalue weighted by Crippen LogP contribution is -2.13. The molecule has 10 nitrogen and oxygen atoms in total. The monoisotopic (exact) mass is 572 g/mol. The molecule has 208 valence electrons. The van der Waals surface area contributed by atoms with Crippen molar-refractivity contribution in [1.29, 1.82) is 0 Å². The molecule has 0 aromatic heterocycles. The lowest BCUT2D eigenvalue weighted by molar-refractivity contribution is 0.0685. The summed E-state index contributed by atoms with van der Waals surface area (Å²) in [7, 11) is 0. The van der Waals surface area contributed by atoms with Crippen LogP contribution in [0.5, 0.6) is 11.5 Å². The third kappa shape index (κ3) is 6.65. The highest BCUT2D eigenvalue weighted by atomic mass is 32.2. The first kappa shape index (κ1) is 28.7. The number of aromatic hydroxyl groups is 2. The molecule has 4 rings (SSSR count). The van der Waals surface area contributed by atoms with E-state index in [1.54, 1.807) is 38.1 Å². The minimum Gasteiger partial charge on any atom is -0.506 e. The molecule has 0 aliphatic carbocycles. The average Bonchev–Trinajstić information content (AvgIpc) is 2.91. The van der Waals surface area contributed by atoms with Gasteiger partial charge in [-0.1, -0.05) is 11.8 Å². The zero-order valence-corrected chi connectivity index (χ0v) is 22.6. The molecule has 4 aromatic rings. The number of hydrogen-bond donors (Lipinski definition) is 6. The highest BCUT2D eigenvalue weighted by Gasteiger charge is 2.16. The van der Waals surface area contributed by atoms with E-state index in [1.807, 2.05) is 0 Å². The van der Waals surface area contributed by atoms with Crippen molar-refractivity contribution in [1.82, 2.24) is 0 Å². The van der Waals surface area contributed by atoms with E-state index in [9.17, 15) is 39.6 Å². The van der Waals surface area contributed by atoms with Gasteiger partial charge in [-0.15, -0.1) is 0 Å². The van der Waals surface area contributed by atoms with Crippen LogP contribution in [0, 0.1) is 13.8 Å². The highest BCUT2D eigenvalue weighted by Crippen LogP contribution is 2.37. The van der Waals surface area contributed by atoms with Crippen LogP contribution >= 0.6 is 11.8 Å². The van der Waals surface area contributed by atoms with E-state index in [0.29, 0.717) is 20.9 Å². The molecule has 41 heavy (non-hydrogen) atoms. The molecule has 4 aromatic carbocycles. The number of phenols is 2. The highest BCUT2D eigenvalue weighted by molar-refractivity contribution is 7.99. The lowest BCUT2D eigenvalue weighted by Gasteiger charge is -2.12. The van der Waals surface area contributed by atoms with Crippen LogP contribution in [0.25, 0.3) is 0 Å². The van der Waals surface area contributed by atoms with Gasteiger partial charge in [0, 0.05) is 20.9 Å². The standard InChI is InChI=1S/C30H24N2O8S/c1-15-11-17(3-7-21(15)29(37)38)27(35)31-23-13-19(5-9-25(23)33)41-20-6-10-26(34)24(14-20)32-28(36)18-4-8-22(30(39)40)16(2)12-18/h3-14,33-34H,1-2H3,(H,31,35)(H,32,36)(H,37,38)(H,39,40). The largest absolute Gasteiger partial charge is 0.506 e. The molecule has 2 amide bonds. The van der Waals surface area contributed by atoms with Crippen LogP contribution in [0.4, 0.5) is 11.4 Å². The van der Waals surface area contributed by atoms with E-state index in [-0.39, 0.29) is 45.1 Å². The molecular formula is C30H24N2O8S. The number of hydrogen-bond acceptors (Lipinski definition) is 7. The van der Waals surface area contributed by atoms with E-state index in [1.165, 1.54) is 60.3 Å². The summed E-state index contributed by atoms with van der Waals surface area (Å²) in [4.78, 5) is 49.3. The van der Waals surface area contributed by atoms with Crippen molar-refractivity contribution in [2.24, 2.45) is 0 Å². The van der Waals surface area contributed by atoms with E-state index in [4.69, 9.17) is 0 Å². The van der Waals surface area contributed by atoms with Crippen LogP contribution in [0.3, 0.4) is 0 Å². The van der Waals surface area contributed by atoms with Crippen molar-refractivity contribution in [3.63, 3.8) is 0 Å². The quantitative estimate of drug-likeness (QED) is 0.143. The molecule has 0 saturated heterocycles. The summed E-state index contributed by atoms with van der Waals surface area (Å²) in [6.07, 6.45) is 0. The summed E-state index contributed by atoms with van der Waals surface area (Å²) < 4.78 is 0. The summed E-state index contributed by atoms with van der Waals surface area (Å²) in [6, 6.07) is 17.5. The van der Waals surface area contributed by atoms with Gasteiger partial charge in [0.15, 0.2) is 0 Å². The molecule has 0 atom stereocenters. The number of aromatic carboxylic acids is 2. The fourth-order valence-corrected chi connectivity index (χ4v) is 4.87. The second-order valence-electron chi connectivity index (χ2n) is 9.04. The fourth-order valence-electron chi connectivity index (χ4n) is 3.97. The predicted molar refractivity (Wildman–Crippen MR) is 153 cm³/mol. The van der Waals surface area contributed by atoms with Gasteiger partial charge in [-0.25, -0.2) is 9.59 Å². The van der Waals surface area contributed by atoms with E-state index >= 15 is 0 Å². The lowest BCUT2D eigenvalue weighted by atomic mass is 10.0. The van der Waals surface area contributed by atoms with Crippen molar-refractivity contribution in [2.45, 2.75) is 23.6 Å². The maximum absolute atomic E-state index is 12.8. The van der Waals surface area contributed by atoms with Gasteiger partial charge >= 0.3 is 11.9 Å². The molecule has 0 bridgehead atoms. The fraction of sp³-hybridized carbons (Fsp3) is 0.0667. The molecule has 6 N–H and O–H groups in total. The number of carbonyl (C=O) groups is 4. The predicted octanol–water partition coefficient (Wildman–Crippen LogP) is 5.77. The number of carboxylic acid groups (broad SMARTS) is 2. The minimum absolute atomic E-state index is 0.0819. The van der Waals surface area contributed by atoms with Gasteiger partial charge in [-0.3, -0.25) is 9.59 Å². The molecule has 0 radical (unpaired) electrons. The molecule has 0 aliphatic heterocycles. The van der Waals surface area contributed by atoms with Crippen LogP contribution in [0.1, 0.15) is 52.6 Å². The average molecular weight is 573 g/mol. The Kier molecular flexibility index (Phi) is 8.29. The number of aryl methyl sites for hydroxylation is 2. The van der Waals surface area contributed by atoms with Crippen molar-refractivity contribution in [3.05, 3.63) is 106 Å². The maximum Gasteiger partial charge on any atom is 0.335 e. The van der Waals surface area contributed by atoms with Gasteiger partial charge in [0.1, 0.15) is 11.5 Å². The molecule has 0 aliphatic rings. The Morgan fingerprint density at radius 1 is 0.585 bits per heavy atom. The van der Waals surface area contributed by atoms with Crippen LogP contribution in [-0.4, -0.2) is 44.2 Å². The van der Waals surface area contributed by atoms with Crippen LogP contribution in [-0.2, 0) is 0 Å². The van der Waals surface area contributed by atoms with Crippen LogP contribution < -0.4 is 10.6 Å². The van der Waals surface area contributed by atoms with E-state index < -0.39 is 23.8 Å². The zero-order chi connectivity index (χ0) is 29.8. The number of amides is 2. The number of benzene rings is 4. The summed E-state index contributed by atoms with van der Waals surface area (Å²) in [5.41, 5.74) is 1.70. The van der Waals surface area contributed by atoms with Crippen LogP contribution in [0.15, 0.2) is 82.6 Å². The molecular weight excluding hydrogens is 548 g/mol. The normalized spacial score (nSPS) is 10.6. The number of anilines is 2. The number of nitrogens with one attached hydrogen (secondary N) is 2. The first-order valence-corrected chi connectivity index (χ1v) is 12.9. The first-order chi connectivity index (χ1) is 19.4. The van der Waals surface area contributed by atoms with Gasteiger partial charge in [0.25, 0.3) is 11.8 Å². The maximum atomic E-state index is 12.8. The number of carboxylic acids is 2. The van der Waals surface area contributed by atoms with Gasteiger partial charge in [-0.05, 0) is 97.8 Å². The second kappa shape index (κ2) is 11.8. The van der Waals surface area contributed by atoms with Crippen LogP contribution in [0.2, 0.25) is 0 Å². The number of rotatable bonds is 8. The van der Waals surface area contributed by atoms with Gasteiger partial charge in [0.05, 0.1) is 22.5 Å². The third-order valence-electron chi connectivity index (χ3n) is 6.11. The molecule has 0 spiro atoms. The molecule has 0 saturated carbocycles. The summed E-state index contributed by atoms with van der Waals surface area (Å²) in [5.74, 6) is -3.63. The van der Waals surface area contributed by atoms with Crippen molar-refractivity contribution < 1.29 is 39.6 Å². The van der Waals surface area contributed by atoms with Crippen molar-refractivity contribution in [2.75, 3.05) is 10.6 Å². The minimum atomic E-state index is -1.10. The van der Waals surface area contributed by atoms with E-state index in [2.05, 4.69) is 10.6 Å². The van der Waals surface area contributed by atoms with Crippen molar-refractivity contribution in [3.8, 4) is 11.5 Å². The summed E-state index contributed by atoms with van der Waals surface area (Å²) in [5, 5.41) is 44.3. The topological polar surface area (TPSA) is 173 Å². The third-order valence-corrected chi connectivity index (χ3v) is 7.09. The summed E-state index contributed by atoms with van der Waals surface area (Å²) in [6.45, 7) is 3.17. The molecule has 11 heteroatoms. The van der Waals surface area contributed by atoms with Crippen molar-refractivity contribution >= 4 is 46.9 Å². The number of phenolic OH excluding ortho intramolecular Hbond substituents is 2. The number of carbonyl (C=O) groups excluding carboxylic acids is 2. The second-order valence-corrected chi connectivity index (χ2v) is 10.2. The molecule has 0 fully saturated rings. The first-order valence-electron chi connectivity index (χ1n) is 12.1. The molecule has 0 unspecified atom stereocenters. The Hall–Kier alpha value is -5.29. The Morgan fingerprint density at radius 2 is 0.976 bits per heavy atom. The Bertz CT molecular complexity index is 1590. The van der Waals surface area contributed by atoms with Gasteiger partial charge < -0.3 is 31.1 Å². The zero-order valence-electron chi connectivity index (χ0n) is 21.8. The van der Waals surface area contributed by atoms with E-state index in [0.717, 1.165) is 0 Å². The smallest absolute Gasteiger partial charge is 0.335 e. The Balaban J connectivity index is 1.50.